The SMILES string of the molecule is Cc1c(C(=O)O)cc(-c2ccccn2)c2nc(CN3CCC(c4cccc(OCc5ccc(C#N)cc5F)n4)CC3)n(C[C@@H]3CCO3)c12. The lowest BCUT2D eigenvalue weighted by Gasteiger charge is -2.32. The van der Waals surface area contributed by atoms with Crippen molar-refractivity contribution in [1.82, 2.24) is 24.4 Å². The number of piperidine rings is 1. The molecule has 2 fully saturated rings. The number of hydrogen-bond donors (Lipinski definition) is 1. The van der Waals surface area contributed by atoms with Crippen LogP contribution < -0.4 is 4.74 Å². The van der Waals surface area contributed by atoms with E-state index in [0.29, 0.717) is 41.4 Å². The highest BCUT2D eigenvalue weighted by molar-refractivity contribution is 6.02. The summed E-state index contributed by atoms with van der Waals surface area (Å²) < 4.78 is 28.2. The van der Waals surface area contributed by atoms with Crippen LogP contribution in [0.2, 0.25) is 0 Å². The van der Waals surface area contributed by atoms with Gasteiger partial charge in [-0.2, -0.15) is 5.26 Å². The van der Waals surface area contributed by atoms with Gasteiger partial charge in [0.15, 0.2) is 0 Å². The van der Waals surface area contributed by atoms with E-state index in [2.05, 4.69) is 14.5 Å². The lowest BCUT2D eigenvalue weighted by atomic mass is 9.93. The van der Waals surface area contributed by atoms with Crippen LogP contribution in [0.15, 0.2) is 66.9 Å². The number of ether oxygens (including phenoxy) is 2. The summed E-state index contributed by atoms with van der Waals surface area (Å²) in [5.74, 6) is 0.106. The molecule has 5 aromatic rings. The average Bonchev–Trinajstić information content (AvgIpc) is 3.44. The van der Waals surface area contributed by atoms with Crippen LogP contribution in [-0.4, -0.2) is 61.3 Å². The third-order valence-electron chi connectivity index (χ3n) is 9.37. The molecule has 0 bridgehead atoms. The molecule has 244 valence electrons. The first kappa shape index (κ1) is 31.4. The molecule has 2 aliphatic rings. The van der Waals surface area contributed by atoms with Gasteiger partial charge in [-0.05, 0) is 81.2 Å². The number of hydrogen-bond acceptors (Lipinski definition) is 8. The third-order valence-corrected chi connectivity index (χ3v) is 9.37. The maximum Gasteiger partial charge on any atom is 0.336 e. The third kappa shape index (κ3) is 6.37. The van der Waals surface area contributed by atoms with Gasteiger partial charge in [0, 0.05) is 41.6 Å². The Morgan fingerprint density at radius 2 is 1.94 bits per heavy atom. The van der Waals surface area contributed by atoms with Crippen molar-refractivity contribution in [3.05, 3.63) is 106 Å². The highest BCUT2D eigenvalue weighted by Gasteiger charge is 2.28. The average molecular weight is 647 g/mol. The molecule has 1 N–H and O–H groups in total. The van der Waals surface area contributed by atoms with Gasteiger partial charge in [0.05, 0.1) is 53.1 Å². The van der Waals surface area contributed by atoms with E-state index in [0.717, 1.165) is 61.5 Å². The molecule has 1 atom stereocenters. The number of likely N-dealkylation sites (tertiary alicyclic amines) is 1. The monoisotopic (exact) mass is 646 g/mol. The number of aryl methyl sites for hydroxylation is 1. The number of rotatable bonds is 10. The zero-order valence-electron chi connectivity index (χ0n) is 26.6. The van der Waals surface area contributed by atoms with Crippen LogP contribution >= 0.6 is 0 Å². The van der Waals surface area contributed by atoms with Crippen molar-refractivity contribution >= 4 is 17.0 Å². The van der Waals surface area contributed by atoms with Crippen LogP contribution in [0.3, 0.4) is 0 Å². The van der Waals surface area contributed by atoms with Crippen LogP contribution in [0, 0.1) is 24.1 Å². The molecule has 11 heteroatoms. The zero-order chi connectivity index (χ0) is 33.2. The van der Waals surface area contributed by atoms with E-state index < -0.39 is 11.8 Å². The summed E-state index contributed by atoms with van der Waals surface area (Å²) in [5, 5.41) is 19.1. The summed E-state index contributed by atoms with van der Waals surface area (Å²) in [6.07, 6.45) is 4.51. The van der Waals surface area contributed by atoms with Gasteiger partial charge < -0.3 is 19.1 Å². The van der Waals surface area contributed by atoms with Crippen LogP contribution in [-0.2, 0) is 24.4 Å². The number of benzene rings is 2. The molecule has 0 radical (unpaired) electrons. The van der Waals surface area contributed by atoms with Crippen molar-refractivity contribution in [3.8, 4) is 23.2 Å². The minimum absolute atomic E-state index is 0.0226. The molecule has 5 heterocycles. The van der Waals surface area contributed by atoms with Crippen molar-refractivity contribution < 1.29 is 23.8 Å². The summed E-state index contributed by atoms with van der Waals surface area (Å²) in [6, 6.07) is 19.3. The van der Waals surface area contributed by atoms with Crippen molar-refractivity contribution in [3.63, 3.8) is 0 Å². The Labute approximate surface area is 277 Å². The molecule has 0 saturated carbocycles. The number of fused-ring (bicyclic) bond motifs is 1. The Morgan fingerprint density at radius 1 is 1.10 bits per heavy atom. The number of carboxylic acid groups (broad SMARTS) is 1. The number of carbonyl (C=O) groups is 1. The summed E-state index contributed by atoms with van der Waals surface area (Å²) in [4.78, 5) is 29.2. The first-order valence-electron chi connectivity index (χ1n) is 16.2. The fourth-order valence-electron chi connectivity index (χ4n) is 6.62. The second-order valence-corrected chi connectivity index (χ2v) is 12.4. The number of nitriles is 1. The molecule has 2 saturated heterocycles. The number of imidazole rings is 1. The number of aromatic nitrogens is 4. The van der Waals surface area contributed by atoms with Crippen LogP contribution in [0.25, 0.3) is 22.3 Å². The summed E-state index contributed by atoms with van der Waals surface area (Å²) in [5.41, 5.74) is 5.46. The molecule has 7 rings (SSSR count). The predicted molar refractivity (Wildman–Crippen MR) is 176 cm³/mol. The van der Waals surface area contributed by atoms with Gasteiger partial charge in [0.2, 0.25) is 5.88 Å². The van der Waals surface area contributed by atoms with Crippen molar-refractivity contribution in [1.29, 1.82) is 5.26 Å². The molecule has 48 heavy (non-hydrogen) atoms. The molecule has 0 spiro atoms. The fourth-order valence-corrected chi connectivity index (χ4v) is 6.62. The van der Waals surface area contributed by atoms with E-state index in [1.54, 1.807) is 30.5 Å². The Bertz CT molecular complexity index is 2010. The van der Waals surface area contributed by atoms with E-state index in [9.17, 15) is 14.3 Å². The molecule has 2 aliphatic heterocycles. The smallest absolute Gasteiger partial charge is 0.336 e. The Balaban J connectivity index is 1.10. The van der Waals surface area contributed by atoms with Gasteiger partial charge in [-0.1, -0.05) is 18.2 Å². The molecule has 0 aliphatic carbocycles. The maximum atomic E-state index is 14.3. The van der Waals surface area contributed by atoms with Gasteiger partial charge in [-0.25, -0.2) is 19.2 Å². The molecule has 0 amide bonds. The van der Waals surface area contributed by atoms with Crippen LogP contribution in [0.5, 0.6) is 5.88 Å². The van der Waals surface area contributed by atoms with Gasteiger partial charge in [0.1, 0.15) is 18.2 Å². The largest absolute Gasteiger partial charge is 0.478 e. The lowest BCUT2D eigenvalue weighted by molar-refractivity contribution is -0.0592. The minimum Gasteiger partial charge on any atom is -0.478 e. The summed E-state index contributed by atoms with van der Waals surface area (Å²) in [6.45, 7) is 5.50. The van der Waals surface area contributed by atoms with Crippen molar-refractivity contribution in [2.75, 3.05) is 19.7 Å². The molecule has 10 nitrogen and oxygen atoms in total. The quantitative estimate of drug-likeness (QED) is 0.187. The normalized spacial score (nSPS) is 16.8. The second kappa shape index (κ2) is 13.5. The number of aromatic carboxylic acids is 1. The van der Waals surface area contributed by atoms with Gasteiger partial charge in [-0.15, -0.1) is 0 Å². The van der Waals surface area contributed by atoms with E-state index in [4.69, 9.17) is 24.7 Å². The topological polar surface area (TPSA) is 126 Å². The number of halogens is 1. The molecule has 0 unspecified atom stereocenters. The van der Waals surface area contributed by atoms with Gasteiger partial charge in [0.25, 0.3) is 0 Å². The highest BCUT2D eigenvalue weighted by atomic mass is 19.1. The molecule has 3 aromatic heterocycles. The van der Waals surface area contributed by atoms with E-state index >= 15 is 0 Å². The zero-order valence-corrected chi connectivity index (χ0v) is 26.6. The molecule has 2 aromatic carbocycles. The highest BCUT2D eigenvalue weighted by Crippen LogP contribution is 2.35. The fraction of sp³-hybridized carbons (Fsp3) is 0.324. The van der Waals surface area contributed by atoms with Crippen LogP contribution in [0.4, 0.5) is 4.39 Å². The summed E-state index contributed by atoms with van der Waals surface area (Å²) >= 11 is 0. The number of pyridine rings is 2. The van der Waals surface area contributed by atoms with E-state index in [1.807, 2.05) is 43.3 Å². The number of nitrogens with zero attached hydrogens (tertiary/aromatic N) is 6. The van der Waals surface area contributed by atoms with E-state index in [-0.39, 0.29) is 29.8 Å². The van der Waals surface area contributed by atoms with Crippen LogP contribution in [0.1, 0.15) is 63.7 Å². The Hall–Kier alpha value is -5.18. The Kier molecular flexibility index (Phi) is 8.84. The maximum absolute atomic E-state index is 14.3. The second-order valence-electron chi connectivity index (χ2n) is 12.4. The molecular formula is C37H35FN6O4. The van der Waals surface area contributed by atoms with E-state index in [1.165, 1.54) is 6.07 Å². The van der Waals surface area contributed by atoms with Gasteiger partial charge in [-0.3, -0.25) is 9.88 Å². The lowest BCUT2D eigenvalue weighted by Crippen LogP contribution is -2.35. The Morgan fingerprint density at radius 3 is 2.62 bits per heavy atom. The first-order chi connectivity index (χ1) is 23.4. The number of carboxylic acids is 1. The standard InChI is InChI=1S/C37H35FN6O4/c1-23-28(37(45)46)18-29(32-5-2-3-13-40-32)35-36(23)44(20-27-12-16-47-27)33(42-35)21-43-14-10-25(11-15-43)31-6-4-7-34(41-31)48-22-26-9-8-24(19-39)17-30(26)38/h2-9,13,17-18,25,27H,10-12,14-16,20-22H2,1H3,(H,45,46)/t27-/m0/s1. The van der Waals surface area contributed by atoms with Crippen molar-refractivity contribution in [2.45, 2.75) is 57.9 Å². The first-order valence-corrected chi connectivity index (χ1v) is 16.2. The van der Waals surface area contributed by atoms with Crippen molar-refractivity contribution in [2.24, 2.45) is 0 Å². The predicted octanol–water partition coefficient (Wildman–Crippen LogP) is 6.26. The minimum atomic E-state index is -0.979. The van der Waals surface area contributed by atoms with Gasteiger partial charge >= 0.3 is 5.97 Å². The molecular weight excluding hydrogens is 611 g/mol. The summed E-state index contributed by atoms with van der Waals surface area (Å²) in [7, 11) is 0.